The van der Waals surface area contributed by atoms with Gasteiger partial charge in [0.05, 0.1) is 29.5 Å². The minimum absolute atomic E-state index is 0.0651. The van der Waals surface area contributed by atoms with E-state index in [0.717, 1.165) is 30.3 Å². The quantitative estimate of drug-likeness (QED) is 0.293. The summed E-state index contributed by atoms with van der Waals surface area (Å²) in [5.41, 5.74) is 1.82. The SMILES string of the molecule is COc1ccc([C@H]2c3ccsc3CCN2CC(=O)N2CCN(S(=O)(=O)c3ccc(Cl)c([N+](=O)[O-])c3)[C@@H](C)C2)cc1. The number of ether oxygens (including phenoxy) is 1. The Balaban J connectivity index is 1.30. The smallest absolute Gasteiger partial charge is 0.289 e. The highest BCUT2D eigenvalue weighted by Crippen LogP contribution is 2.38. The molecule has 0 N–H and O–H groups in total. The Bertz CT molecular complexity index is 1530. The van der Waals surface area contributed by atoms with Crippen molar-refractivity contribution >= 4 is 44.6 Å². The van der Waals surface area contributed by atoms with Crippen molar-refractivity contribution in [1.29, 1.82) is 0 Å². The van der Waals surface area contributed by atoms with E-state index < -0.39 is 26.7 Å². The molecule has 212 valence electrons. The molecule has 2 aromatic carbocycles. The number of fused-ring (bicyclic) bond motifs is 1. The summed E-state index contributed by atoms with van der Waals surface area (Å²) in [5, 5.41) is 13.2. The van der Waals surface area contributed by atoms with Gasteiger partial charge in [0.15, 0.2) is 0 Å². The van der Waals surface area contributed by atoms with E-state index in [9.17, 15) is 23.3 Å². The molecule has 0 aliphatic carbocycles. The lowest BCUT2D eigenvalue weighted by Crippen LogP contribution is -2.57. The van der Waals surface area contributed by atoms with Crippen LogP contribution in [0.3, 0.4) is 0 Å². The average molecular weight is 605 g/mol. The molecule has 0 bridgehead atoms. The second-order valence-electron chi connectivity index (χ2n) is 9.87. The number of methoxy groups -OCH3 is 1. The van der Waals surface area contributed by atoms with Crippen LogP contribution >= 0.6 is 22.9 Å². The van der Waals surface area contributed by atoms with Crippen LogP contribution in [0.1, 0.15) is 29.0 Å². The molecule has 2 aliphatic rings. The van der Waals surface area contributed by atoms with Gasteiger partial charge in [0.25, 0.3) is 5.69 Å². The number of amides is 1. The lowest BCUT2D eigenvalue weighted by atomic mass is 9.93. The van der Waals surface area contributed by atoms with E-state index in [0.29, 0.717) is 0 Å². The summed E-state index contributed by atoms with van der Waals surface area (Å²) in [7, 11) is -2.40. The van der Waals surface area contributed by atoms with E-state index >= 15 is 0 Å². The minimum Gasteiger partial charge on any atom is -0.497 e. The molecule has 2 atom stereocenters. The molecule has 0 spiro atoms. The number of nitro groups is 1. The van der Waals surface area contributed by atoms with Gasteiger partial charge in [-0.1, -0.05) is 23.7 Å². The van der Waals surface area contributed by atoms with Crippen LogP contribution in [0.4, 0.5) is 5.69 Å². The zero-order valence-corrected chi connectivity index (χ0v) is 24.4. The summed E-state index contributed by atoms with van der Waals surface area (Å²) >= 11 is 7.60. The van der Waals surface area contributed by atoms with Crippen LogP contribution in [0.2, 0.25) is 5.02 Å². The van der Waals surface area contributed by atoms with Crippen LogP contribution in [0.5, 0.6) is 5.75 Å². The molecule has 1 saturated heterocycles. The molecule has 40 heavy (non-hydrogen) atoms. The Kier molecular flexibility index (Phi) is 8.16. The van der Waals surface area contributed by atoms with E-state index in [1.54, 1.807) is 30.3 Å². The topological polar surface area (TPSA) is 113 Å². The zero-order chi connectivity index (χ0) is 28.6. The van der Waals surface area contributed by atoms with Crippen molar-refractivity contribution in [2.75, 3.05) is 39.8 Å². The third kappa shape index (κ3) is 5.46. The third-order valence-corrected chi connectivity index (χ3v) is 10.8. The molecule has 3 heterocycles. The van der Waals surface area contributed by atoms with Gasteiger partial charge >= 0.3 is 0 Å². The van der Waals surface area contributed by atoms with Crippen LogP contribution in [0.25, 0.3) is 0 Å². The molecule has 1 amide bonds. The van der Waals surface area contributed by atoms with Crippen molar-refractivity contribution in [2.45, 2.75) is 30.3 Å². The molecule has 13 heteroatoms. The monoisotopic (exact) mass is 604 g/mol. The highest BCUT2D eigenvalue weighted by Gasteiger charge is 2.38. The zero-order valence-electron chi connectivity index (χ0n) is 22.0. The van der Waals surface area contributed by atoms with Crippen molar-refractivity contribution in [2.24, 2.45) is 0 Å². The van der Waals surface area contributed by atoms with Gasteiger partial charge in [-0.15, -0.1) is 11.3 Å². The number of rotatable bonds is 7. The summed E-state index contributed by atoms with van der Waals surface area (Å²) in [4.78, 5) is 29.1. The molecule has 5 rings (SSSR count). The van der Waals surface area contributed by atoms with Crippen LogP contribution in [-0.2, 0) is 21.2 Å². The summed E-state index contributed by atoms with van der Waals surface area (Å²) in [6, 6.07) is 12.9. The fourth-order valence-electron chi connectivity index (χ4n) is 5.44. The van der Waals surface area contributed by atoms with E-state index in [1.165, 1.54) is 26.9 Å². The first-order valence-electron chi connectivity index (χ1n) is 12.8. The van der Waals surface area contributed by atoms with Crippen LogP contribution in [0.15, 0.2) is 58.8 Å². The Labute approximate surface area is 241 Å². The standard InChI is InChI=1S/C27H29ClN4O6S2/c1-18-16-29(12-13-31(18)40(36,37)21-7-8-23(28)24(15-21)32(34)35)26(33)17-30-11-9-25-22(10-14-39-25)27(30)19-3-5-20(38-2)6-4-19/h3-8,10,14-15,18,27H,9,11-13,16-17H2,1-2H3/t18-,27-/m0/s1. The van der Waals surface area contributed by atoms with Crippen LogP contribution < -0.4 is 4.74 Å². The molecule has 0 radical (unpaired) electrons. The number of carbonyl (C=O) groups excluding carboxylic acids is 1. The molecule has 2 aliphatic heterocycles. The molecule has 0 saturated carbocycles. The van der Waals surface area contributed by atoms with Crippen molar-refractivity contribution in [3.63, 3.8) is 0 Å². The van der Waals surface area contributed by atoms with Crippen molar-refractivity contribution in [3.05, 3.63) is 85.1 Å². The van der Waals surface area contributed by atoms with E-state index in [-0.39, 0.29) is 48.0 Å². The van der Waals surface area contributed by atoms with Crippen molar-refractivity contribution in [3.8, 4) is 5.75 Å². The molecular formula is C27H29ClN4O6S2. The Morgan fingerprint density at radius 2 is 1.90 bits per heavy atom. The average Bonchev–Trinajstić information content (AvgIpc) is 3.41. The van der Waals surface area contributed by atoms with Gasteiger partial charge in [0, 0.05) is 43.2 Å². The Hall–Kier alpha value is -3.03. The highest BCUT2D eigenvalue weighted by molar-refractivity contribution is 7.89. The van der Waals surface area contributed by atoms with Crippen molar-refractivity contribution in [1.82, 2.24) is 14.1 Å². The fraction of sp³-hybridized carbons (Fsp3) is 0.370. The number of hydrogen-bond acceptors (Lipinski definition) is 8. The third-order valence-electron chi connectivity index (χ3n) is 7.48. The predicted molar refractivity (Wildman–Crippen MR) is 152 cm³/mol. The maximum Gasteiger partial charge on any atom is 0.289 e. The molecular weight excluding hydrogens is 576 g/mol. The van der Waals surface area contributed by atoms with Crippen LogP contribution in [-0.4, -0.2) is 79.2 Å². The first-order valence-corrected chi connectivity index (χ1v) is 15.5. The van der Waals surface area contributed by atoms with E-state index in [4.69, 9.17) is 16.3 Å². The van der Waals surface area contributed by atoms with Gasteiger partial charge < -0.3 is 9.64 Å². The number of nitrogens with zero attached hydrogens (tertiary/aromatic N) is 4. The largest absolute Gasteiger partial charge is 0.497 e. The van der Waals surface area contributed by atoms with E-state index in [2.05, 4.69) is 16.3 Å². The number of benzene rings is 2. The first kappa shape index (κ1) is 28.5. The van der Waals surface area contributed by atoms with Crippen LogP contribution in [0, 0.1) is 10.1 Å². The predicted octanol–water partition coefficient (Wildman–Crippen LogP) is 4.19. The number of piperazine rings is 1. The summed E-state index contributed by atoms with van der Waals surface area (Å²) in [6.45, 7) is 3.20. The number of hydrogen-bond donors (Lipinski definition) is 0. The first-order chi connectivity index (χ1) is 19.1. The molecule has 10 nitrogen and oxygen atoms in total. The van der Waals surface area contributed by atoms with Gasteiger partial charge in [-0.3, -0.25) is 19.8 Å². The van der Waals surface area contributed by atoms with Gasteiger partial charge in [-0.2, -0.15) is 4.31 Å². The number of thiophene rings is 1. The Morgan fingerprint density at radius 1 is 1.15 bits per heavy atom. The molecule has 1 fully saturated rings. The Morgan fingerprint density at radius 3 is 2.58 bits per heavy atom. The number of halogens is 1. The minimum atomic E-state index is -4.03. The second kappa shape index (κ2) is 11.5. The van der Waals surface area contributed by atoms with E-state index in [1.807, 2.05) is 24.3 Å². The lowest BCUT2D eigenvalue weighted by molar-refractivity contribution is -0.384. The number of sulfonamides is 1. The molecule has 1 aromatic heterocycles. The maximum atomic E-state index is 13.5. The van der Waals surface area contributed by atoms with Gasteiger partial charge in [0.2, 0.25) is 15.9 Å². The van der Waals surface area contributed by atoms with Crippen molar-refractivity contribution < 1.29 is 22.9 Å². The number of carbonyl (C=O) groups is 1. The number of nitro benzene ring substituents is 1. The maximum absolute atomic E-state index is 13.5. The summed E-state index contributed by atoms with van der Waals surface area (Å²) < 4.78 is 33.3. The fourth-order valence-corrected chi connectivity index (χ4v) is 8.17. The summed E-state index contributed by atoms with van der Waals surface area (Å²) in [5.74, 6) is 0.700. The summed E-state index contributed by atoms with van der Waals surface area (Å²) in [6.07, 6.45) is 0.864. The van der Waals surface area contributed by atoms with Gasteiger partial charge in [-0.05, 0) is 60.2 Å². The molecule has 0 unspecified atom stereocenters. The normalized spacial score (nSPS) is 20.2. The molecule has 3 aromatic rings. The van der Waals surface area contributed by atoms with Gasteiger partial charge in [0.1, 0.15) is 10.8 Å². The highest BCUT2D eigenvalue weighted by atomic mass is 35.5. The second-order valence-corrected chi connectivity index (χ2v) is 13.2. The lowest BCUT2D eigenvalue weighted by Gasteiger charge is -2.41. The van der Waals surface area contributed by atoms with Gasteiger partial charge in [-0.25, -0.2) is 8.42 Å².